The van der Waals surface area contributed by atoms with E-state index < -0.39 is 11.8 Å². The Hall–Kier alpha value is -4.34. The molecule has 0 saturated carbocycles. The third-order valence-corrected chi connectivity index (χ3v) is 4.58. The minimum atomic E-state index is -0.662. The Kier molecular flexibility index (Phi) is 7.64. The first-order chi connectivity index (χ1) is 15.9. The van der Waals surface area contributed by atoms with Crippen molar-refractivity contribution >= 4 is 46.9 Å². The second-order valence-electron chi connectivity index (χ2n) is 7.07. The third-order valence-electron chi connectivity index (χ3n) is 4.58. The van der Waals surface area contributed by atoms with E-state index in [0.717, 1.165) is 0 Å². The van der Waals surface area contributed by atoms with Gasteiger partial charge in [-0.2, -0.15) is 0 Å². The number of carbonyl (C=O) groups excluding carboxylic acids is 4. The second kappa shape index (κ2) is 10.8. The van der Waals surface area contributed by atoms with Crippen molar-refractivity contribution in [1.29, 1.82) is 0 Å². The van der Waals surface area contributed by atoms with Crippen molar-refractivity contribution in [1.82, 2.24) is 9.97 Å². The zero-order valence-electron chi connectivity index (χ0n) is 18.2. The van der Waals surface area contributed by atoms with Gasteiger partial charge in [-0.05, 0) is 24.3 Å². The number of rotatable bonds is 8. The number of carbonyl (C=O) groups is 4. The van der Waals surface area contributed by atoms with Crippen molar-refractivity contribution in [2.24, 2.45) is 5.92 Å². The molecule has 2 aromatic heterocycles. The molecule has 0 aromatic carbocycles. The SMILES string of the molecule is CCC(=O)Nc1cccc(NC(=O)C2=CC(C(=O)Nc3cccc(NC(=O)CC)n3)C=C2)n1. The fraction of sp³-hybridized carbons (Fsp3) is 0.217. The standard InChI is InChI=1S/C23H24N6O4/c1-3-20(30)26-16-7-5-9-18(24-16)28-22(32)14-11-12-15(13-14)23(33)29-19-10-6-8-17(25-19)27-21(31)4-2/h5-14H,3-4H2,1-2H3,(H2,24,26,28,30,32)(H2,25,27,29,31,33). The molecule has 170 valence electrons. The summed E-state index contributed by atoms with van der Waals surface area (Å²) in [5.74, 6) is -0.622. The first-order valence-corrected chi connectivity index (χ1v) is 10.4. The van der Waals surface area contributed by atoms with E-state index in [1.54, 1.807) is 62.4 Å². The molecule has 0 radical (unpaired) electrons. The predicted octanol–water partition coefficient (Wildman–Crippen LogP) is 2.86. The first-order valence-electron chi connectivity index (χ1n) is 10.4. The maximum atomic E-state index is 12.6. The van der Waals surface area contributed by atoms with Gasteiger partial charge < -0.3 is 21.3 Å². The van der Waals surface area contributed by atoms with Crippen LogP contribution in [-0.2, 0) is 19.2 Å². The minimum Gasteiger partial charge on any atom is -0.311 e. The van der Waals surface area contributed by atoms with Gasteiger partial charge in [-0.1, -0.05) is 44.2 Å². The van der Waals surface area contributed by atoms with Gasteiger partial charge >= 0.3 is 0 Å². The predicted molar refractivity (Wildman–Crippen MR) is 124 cm³/mol. The molecule has 1 aliphatic carbocycles. The van der Waals surface area contributed by atoms with E-state index in [2.05, 4.69) is 31.2 Å². The smallest absolute Gasteiger partial charge is 0.256 e. The van der Waals surface area contributed by atoms with Crippen LogP contribution in [0.15, 0.2) is 60.2 Å². The molecule has 33 heavy (non-hydrogen) atoms. The molecule has 1 unspecified atom stereocenters. The van der Waals surface area contributed by atoms with Crippen LogP contribution in [-0.4, -0.2) is 33.6 Å². The first kappa shape index (κ1) is 23.3. The number of aromatic nitrogens is 2. The molecule has 0 spiro atoms. The van der Waals surface area contributed by atoms with Crippen LogP contribution >= 0.6 is 0 Å². The van der Waals surface area contributed by atoms with Crippen LogP contribution in [0.5, 0.6) is 0 Å². The lowest BCUT2D eigenvalue weighted by Gasteiger charge is -2.09. The normalized spacial score (nSPS) is 14.2. The van der Waals surface area contributed by atoms with E-state index in [9.17, 15) is 19.2 Å². The lowest BCUT2D eigenvalue weighted by molar-refractivity contribution is -0.117. The van der Waals surface area contributed by atoms with Gasteiger partial charge in [0, 0.05) is 18.4 Å². The fourth-order valence-corrected chi connectivity index (χ4v) is 2.83. The van der Waals surface area contributed by atoms with E-state index >= 15 is 0 Å². The lowest BCUT2D eigenvalue weighted by Crippen LogP contribution is -2.20. The molecule has 0 saturated heterocycles. The van der Waals surface area contributed by atoms with Crippen LogP contribution in [0, 0.1) is 5.92 Å². The zero-order chi connectivity index (χ0) is 23.8. The summed E-state index contributed by atoms with van der Waals surface area (Å²) in [6.45, 7) is 3.45. The molecule has 0 bridgehead atoms. The zero-order valence-corrected chi connectivity index (χ0v) is 18.2. The Morgan fingerprint density at radius 3 is 1.76 bits per heavy atom. The number of hydrogen-bond donors (Lipinski definition) is 4. The van der Waals surface area contributed by atoms with Crippen LogP contribution in [0.25, 0.3) is 0 Å². The molecule has 10 nitrogen and oxygen atoms in total. The molecule has 4 N–H and O–H groups in total. The summed E-state index contributed by atoms with van der Waals surface area (Å²) in [6.07, 6.45) is 5.29. The number of amides is 4. The summed E-state index contributed by atoms with van der Waals surface area (Å²) in [7, 11) is 0. The average molecular weight is 448 g/mol. The van der Waals surface area contributed by atoms with Gasteiger partial charge in [0.25, 0.3) is 5.91 Å². The molecule has 10 heteroatoms. The third kappa shape index (κ3) is 6.57. The average Bonchev–Trinajstić information content (AvgIpc) is 3.30. The fourth-order valence-electron chi connectivity index (χ4n) is 2.83. The molecular formula is C23H24N6O4. The summed E-state index contributed by atoms with van der Waals surface area (Å²) in [5.41, 5.74) is 0.303. The number of hydrogen-bond acceptors (Lipinski definition) is 6. The van der Waals surface area contributed by atoms with Crippen molar-refractivity contribution in [3.63, 3.8) is 0 Å². The summed E-state index contributed by atoms with van der Waals surface area (Å²) in [4.78, 5) is 56.6. The molecule has 2 heterocycles. The van der Waals surface area contributed by atoms with Crippen molar-refractivity contribution in [3.8, 4) is 0 Å². The number of anilines is 4. The summed E-state index contributed by atoms with van der Waals surface area (Å²) < 4.78 is 0. The monoisotopic (exact) mass is 448 g/mol. The number of pyridine rings is 2. The van der Waals surface area contributed by atoms with Gasteiger partial charge in [-0.25, -0.2) is 9.97 Å². The molecule has 3 rings (SSSR count). The highest BCUT2D eigenvalue weighted by Gasteiger charge is 2.22. The van der Waals surface area contributed by atoms with Gasteiger partial charge in [-0.3, -0.25) is 19.2 Å². The van der Waals surface area contributed by atoms with Crippen molar-refractivity contribution in [3.05, 3.63) is 60.2 Å². The van der Waals surface area contributed by atoms with Crippen LogP contribution in [0.1, 0.15) is 26.7 Å². The maximum Gasteiger partial charge on any atom is 0.256 e. The highest BCUT2D eigenvalue weighted by molar-refractivity contribution is 6.07. The topological polar surface area (TPSA) is 142 Å². The summed E-state index contributed by atoms with van der Waals surface area (Å²) >= 11 is 0. The Bertz CT molecular complexity index is 1140. The molecule has 0 fully saturated rings. The van der Waals surface area contributed by atoms with Gasteiger partial charge in [-0.15, -0.1) is 0 Å². The maximum absolute atomic E-state index is 12.6. The highest BCUT2D eigenvalue weighted by atomic mass is 16.2. The van der Waals surface area contributed by atoms with E-state index in [1.807, 2.05) is 0 Å². The Morgan fingerprint density at radius 1 is 0.758 bits per heavy atom. The second-order valence-corrected chi connectivity index (χ2v) is 7.07. The lowest BCUT2D eigenvalue weighted by atomic mass is 10.1. The van der Waals surface area contributed by atoms with Gasteiger partial charge in [0.15, 0.2) is 0 Å². The quantitative estimate of drug-likeness (QED) is 0.489. The summed E-state index contributed by atoms with van der Waals surface area (Å²) in [5, 5.41) is 10.6. The van der Waals surface area contributed by atoms with Crippen LogP contribution in [0.3, 0.4) is 0 Å². The highest BCUT2D eigenvalue weighted by Crippen LogP contribution is 2.20. The Balaban J connectivity index is 1.60. The Labute approximate surface area is 190 Å². The molecule has 1 atom stereocenters. The minimum absolute atomic E-state index is 0.184. The van der Waals surface area contributed by atoms with Gasteiger partial charge in [0.2, 0.25) is 17.7 Å². The molecule has 2 aromatic rings. The van der Waals surface area contributed by atoms with Crippen molar-refractivity contribution in [2.45, 2.75) is 26.7 Å². The van der Waals surface area contributed by atoms with E-state index in [-0.39, 0.29) is 29.4 Å². The van der Waals surface area contributed by atoms with Crippen molar-refractivity contribution < 1.29 is 19.2 Å². The molecule has 0 aliphatic heterocycles. The van der Waals surface area contributed by atoms with Crippen molar-refractivity contribution in [2.75, 3.05) is 21.3 Å². The van der Waals surface area contributed by atoms with Crippen LogP contribution < -0.4 is 21.3 Å². The molecule has 4 amide bonds. The van der Waals surface area contributed by atoms with Gasteiger partial charge in [0.05, 0.1) is 5.92 Å². The van der Waals surface area contributed by atoms with E-state index in [0.29, 0.717) is 30.1 Å². The number of nitrogens with one attached hydrogen (secondary N) is 4. The largest absolute Gasteiger partial charge is 0.311 e. The van der Waals surface area contributed by atoms with Gasteiger partial charge in [0.1, 0.15) is 23.3 Å². The molecular weight excluding hydrogens is 424 g/mol. The number of nitrogens with zero attached hydrogens (tertiary/aromatic N) is 2. The summed E-state index contributed by atoms with van der Waals surface area (Å²) in [6, 6.07) is 9.77. The van der Waals surface area contributed by atoms with Crippen LogP contribution in [0.2, 0.25) is 0 Å². The molecule has 1 aliphatic rings. The Morgan fingerprint density at radius 2 is 1.24 bits per heavy atom. The van der Waals surface area contributed by atoms with E-state index in [1.165, 1.54) is 6.08 Å². The van der Waals surface area contributed by atoms with Crippen LogP contribution in [0.4, 0.5) is 23.3 Å². The van der Waals surface area contributed by atoms with E-state index in [4.69, 9.17) is 0 Å².